The Labute approximate surface area is 278 Å². The van der Waals surface area contributed by atoms with Crippen molar-refractivity contribution < 1.29 is 20.0 Å². The van der Waals surface area contributed by atoms with Crippen LogP contribution in [-0.4, -0.2) is 8.07 Å². The molecule has 0 saturated carbocycles. The first-order valence-corrected chi connectivity index (χ1v) is 29.9. The average molecular weight is 771 g/mol. The van der Waals surface area contributed by atoms with Crippen LogP contribution in [0.1, 0.15) is 29.6 Å². The van der Waals surface area contributed by atoms with Crippen LogP contribution < -0.4 is 10.4 Å². The van der Waals surface area contributed by atoms with Gasteiger partial charge in [0.25, 0.3) is 0 Å². The van der Waals surface area contributed by atoms with Crippen molar-refractivity contribution in [2.24, 2.45) is 0 Å². The molecule has 9 rings (SSSR count). The predicted octanol–water partition coefficient (Wildman–Crippen LogP) is 10.2. The van der Waals surface area contributed by atoms with Crippen LogP contribution in [0.2, 0.25) is 9.36 Å². The summed E-state index contributed by atoms with van der Waals surface area (Å²) in [6.07, 6.45) is 5.41. The first-order valence-electron chi connectivity index (χ1n) is 16.5. The van der Waals surface area contributed by atoms with E-state index in [9.17, 15) is 0 Å². The summed E-state index contributed by atoms with van der Waals surface area (Å²) < 4.78 is 6.58. The maximum atomic E-state index is 2.77. The third kappa shape index (κ3) is 3.93. The quantitative estimate of drug-likeness (QED) is 0.157. The molecule has 2 heteroatoms. The SMILES string of the molecule is [CH3][Hf]1([CH3])[CH]2C(=Cc3c(-c4ccccc4)cccc32)[Si](c2ccccc2)(c2ccccc2)C2=Cc3c(-c4ccccc4)cccc3[CH]21. The van der Waals surface area contributed by atoms with Crippen LogP contribution in [0.25, 0.3) is 34.4 Å². The van der Waals surface area contributed by atoms with Gasteiger partial charge in [-0.3, -0.25) is 0 Å². The molecule has 0 spiro atoms. The van der Waals surface area contributed by atoms with Gasteiger partial charge in [0.15, 0.2) is 0 Å². The minimum atomic E-state index is -3.27. The van der Waals surface area contributed by atoms with Crippen molar-refractivity contribution >= 4 is 30.6 Å². The zero-order valence-electron chi connectivity index (χ0n) is 26.3. The van der Waals surface area contributed by atoms with E-state index in [0.29, 0.717) is 7.35 Å². The predicted molar refractivity (Wildman–Crippen MR) is 195 cm³/mol. The molecule has 6 aromatic carbocycles. The molecule has 1 heterocycles. The topological polar surface area (TPSA) is 0 Å². The molecule has 0 bridgehead atoms. The first-order chi connectivity index (χ1) is 22.6. The van der Waals surface area contributed by atoms with Gasteiger partial charge in [-0.2, -0.15) is 0 Å². The number of rotatable bonds is 4. The molecular formula is C44H36HfSi. The van der Waals surface area contributed by atoms with Gasteiger partial charge in [-0.15, -0.1) is 0 Å². The molecule has 2 unspecified atom stereocenters. The molecule has 6 aromatic rings. The number of allylic oxidation sites excluding steroid dienone is 2. The van der Waals surface area contributed by atoms with Crippen molar-refractivity contribution in [3.05, 3.63) is 190 Å². The van der Waals surface area contributed by atoms with E-state index < -0.39 is 28.0 Å². The molecule has 1 saturated heterocycles. The van der Waals surface area contributed by atoms with Crippen molar-refractivity contribution in [1.29, 1.82) is 0 Å². The Balaban J connectivity index is 1.41. The molecule has 220 valence electrons. The van der Waals surface area contributed by atoms with Gasteiger partial charge in [0.05, 0.1) is 0 Å². The monoisotopic (exact) mass is 772 g/mol. The van der Waals surface area contributed by atoms with E-state index in [0.717, 1.165) is 0 Å². The summed E-state index contributed by atoms with van der Waals surface area (Å²) in [7, 11) is -2.65. The van der Waals surface area contributed by atoms with Gasteiger partial charge < -0.3 is 0 Å². The van der Waals surface area contributed by atoms with Gasteiger partial charge in [0.1, 0.15) is 0 Å². The fourth-order valence-electron chi connectivity index (χ4n) is 9.34. The van der Waals surface area contributed by atoms with E-state index >= 15 is 0 Å². The first kappa shape index (κ1) is 28.1. The summed E-state index contributed by atoms with van der Waals surface area (Å²) in [6, 6.07) is 59.7. The summed E-state index contributed by atoms with van der Waals surface area (Å²) in [6.45, 7) is 0. The van der Waals surface area contributed by atoms with Crippen LogP contribution in [0.3, 0.4) is 0 Å². The third-order valence-electron chi connectivity index (χ3n) is 11.1. The van der Waals surface area contributed by atoms with E-state index in [4.69, 9.17) is 0 Å². The Kier molecular flexibility index (Phi) is 6.56. The van der Waals surface area contributed by atoms with Crippen LogP contribution in [0.5, 0.6) is 0 Å². The normalized spacial score (nSPS) is 19.7. The number of hydrogen-bond acceptors (Lipinski definition) is 0. The number of fused-ring (bicyclic) bond motifs is 6. The Hall–Kier alpha value is -4.11. The standard InChI is InChI=1S/C42H30Si.2CH3.Hf/c1-5-15-31(16-6-1)39-25-13-19-33-27-37(29-41(33)39)43(35-21-9-3-10-22-35,36-23-11-4-12-24-36)38-28-34-20-14-26-40(42(34)30-38)32-17-7-2-8-18-32;;;/h1-30H;2*1H3;. The zero-order valence-corrected chi connectivity index (χ0v) is 30.9. The van der Waals surface area contributed by atoms with Crippen molar-refractivity contribution in [1.82, 2.24) is 0 Å². The Morgan fingerprint density at radius 2 is 0.783 bits per heavy atom. The molecular weight excluding hydrogens is 735 g/mol. The summed E-state index contributed by atoms with van der Waals surface area (Å²) in [4.78, 5) is 0. The summed E-state index contributed by atoms with van der Waals surface area (Å²) in [5.41, 5.74) is 11.5. The Bertz CT molecular complexity index is 2010. The summed E-state index contributed by atoms with van der Waals surface area (Å²) >= 11 is -3.27. The van der Waals surface area contributed by atoms with Crippen molar-refractivity contribution in [2.75, 3.05) is 0 Å². The molecule has 2 atom stereocenters. The van der Waals surface area contributed by atoms with E-state index in [2.05, 4.69) is 179 Å². The average Bonchev–Trinajstić information content (AvgIpc) is 3.72. The minimum absolute atomic E-state index is 0.520. The second-order valence-corrected chi connectivity index (χ2v) is 34.8. The number of hydrogen-bond donors (Lipinski definition) is 0. The van der Waals surface area contributed by atoms with E-state index in [-0.39, 0.29) is 0 Å². The third-order valence-corrected chi connectivity index (χ3v) is 33.3. The van der Waals surface area contributed by atoms with E-state index in [1.807, 2.05) is 0 Å². The number of benzene rings is 6. The van der Waals surface area contributed by atoms with Crippen LogP contribution >= 0.6 is 0 Å². The van der Waals surface area contributed by atoms with Gasteiger partial charge in [0.2, 0.25) is 0 Å². The van der Waals surface area contributed by atoms with E-state index in [1.165, 1.54) is 43.8 Å². The van der Waals surface area contributed by atoms with Crippen LogP contribution in [-0.2, 0) is 20.0 Å². The summed E-state index contributed by atoms with van der Waals surface area (Å²) in [5.74, 6) is 0. The van der Waals surface area contributed by atoms with Crippen LogP contribution in [0.4, 0.5) is 0 Å². The maximum absolute atomic E-state index is 3.27. The second kappa shape index (κ2) is 10.7. The molecule has 0 radical (unpaired) electrons. The zero-order chi connectivity index (χ0) is 30.9. The molecule has 0 nitrogen and oxygen atoms in total. The van der Waals surface area contributed by atoms with Gasteiger partial charge in [0, 0.05) is 0 Å². The fraction of sp³-hybridized carbons (Fsp3) is 0.0909. The van der Waals surface area contributed by atoms with Gasteiger partial charge in [-0.1, -0.05) is 0 Å². The van der Waals surface area contributed by atoms with Crippen molar-refractivity contribution in [3.8, 4) is 22.3 Å². The van der Waals surface area contributed by atoms with Gasteiger partial charge in [-0.05, 0) is 0 Å². The fourth-order valence-corrected chi connectivity index (χ4v) is 40.5. The Morgan fingerprint density at radius 3 is 1.17 bits per heavy atom. The van der Waals surface area contributed by atoms with Crippen molar-refractivity contribution in [3.63, 3.8) is 0 Å². The molecule has 1 fully saturated rings. The molecule has 0 N–H and O–H groups in total. The van der Waals surface area contributed by atoms with Crippen LogP contribution in [0.15, 0.2) is 168 Å². The molecule has 0 amide bonds. The van der Waals surface area contributed by atoms with E-state index in [1.54, 1.807) is 21.5 Å². The Morgan fingerprint density at radius 1 is 0.413 bits per heavy atom. The van der Waals surface area contributed by atoms with Gasteiger partial charge in [-0.25, -0.2) is 0 Å². The van der Waals surface area contributed by atoms with Gasteiger partial charge >= 0.3 is 280 Å². The van der Waals surface area contributed by atoms with Crippen LogP contribution in [0, 0.1) is 0 Å². The molecule has 1 aliphatic heterocycles. The molecule has 2 aliphatic carbocycles. The molecule has 3 aliphatic rings. The summed E-state index contributed by atoms with van der Waals surface area (Å²) in [5, 5.41) is 6.49. The second-order valence-electron chi connectivity index (χ2n) is 13.7. The van der Waals surface area contributed by atoms with Crippen molar-refractivity contribution in [2.45, 2.75) is 16.7 Å². The molecule has 46 heavy (non-hydrogen) atoms. The molecule has 0 aromatic heterocycles.